The van der Waals surface area contributed by atoms with Crippen LogP contribution in [0, 0.1) is 5.92 Å². The maximum absolute atomic E-state index is 11.1. The van der Waals surface area contributed by atoms with Crippen molar-refractivity contribution >= 4 is 23.1 Å². The van der Waals surface area contributed by atoms with E-state index in [1.165, 1.54) is 0 Å². The van der Waals surface area contributed by atoms with Gasteiger partial charge in [0.2, 0.25) is 5.91 Å². The smallest absolute Gasteiger partial charge is 0.220 e. The van der Waals surface area contributed by atoms with Crippen molar-refractivity contribution in [3.05, 3.63) is 29.6 Å². The predicted molar refractivity (Wildman–Crippen MR) is 77.3 cm³/mol. The van der Waals surface area contributed by atoms with Crippen molar-refractivity contribution in [2.24, 2.45) is 17.4 Å². The van der Waals surface area contributed by atoms with Crippen molar-refractivity contribution in [1.29, 1.82) is 0 Å². The summed E-state index contributed by atoms with van der Waals surface area (Å²) in [6.45, 7) is 2.48. The molecule has 6 heteroatoms. The third-order valence-electron chi connectivity index (χ3n) is 3.51. The lowest BCUT2D eigenvalue weighted by Gasteiger charge is -2.30. The van der Waals surface area contributed by atoms with E-state index in [1.54, 1.807) is 6.20 Å². The molecule has 0 atom stereocenters. The minimum absolute atomic E-state index is 0.0141. The molecule has 1 aromatic rings. The van der Waals surface area contributed by atoms with Crippen LogP contribution < -0.4 is 11.5 Å². The fourth-order valence-corrected chi connectivity index (χ4v) is 2.59. The zero-order valence-electron chi connectivity index (χ0n) is 10.7. The monoisotopic (exact) mass is 278 g/mol. The van der Waals surface area contributed by atoms with Crippen LogP contribution in [-0.4, -0.2) is 33.9 Å². The van der Waals surface area contributed by atoms with Crippen LogP contribution in [0.2, 0.25) is 0 Å². The van der Waals surface area contributed by atoms with Gasteiger partial charge in [-0.15, -0.1) is 0 Å². The molecule has 102 valence electrons. The van der Waals surface area contributed by atoms with E-state index in [-0.39, 0.29) is 11.8 Å². The van der Waals surface area contributed by atoms with Crippen molar-refractivity contribution in [3.8, 4) is 0 Å². The minimum atomic E-state index is -0.190. The lowest BCUT2D eigenvalue weighted by molar-refractivity contribution is -0.123. The molecule has 1 aromatic heterocycles. The molecule has 0 aliphatic carbocycles. The molecule has 1 saturated heterocycles. The Morgan fingerprint density at radius 1 is 1.42 bits per heavy atom. The van der Waals surface area contributed by atoms with Gasteiger partial charge in [0.15, 0.2) is 0 Å². The fraction of sp³-hybridized carbons (Fsp3) is 0.462. The Labute approximate surface area is 118 Å². The van der Waals surface area contributed by atoms with Gasteiger partial charge in [0, 0.05) is 18.7 Å². The summed E-state index contributed by atoms with van der Waals surface area (Å²) < 4.78 is 0. The predicted octanol–water partition coefficient (Wildman–Crippen LogP) is 0.413. The van der Waals surface area contributed by atoms with Gasteiger partial charge in [-0.05, 0) is 37.6 Å². The highest BCUT2D eigenvalue weighted by Crippen LogP contribution is 2.19. The van der Waals surface area contributed by atoms with E-state index in [0.717, 1.165) is 38.0 Å². The summed E-state index contributed by atoms with van der Waals surface area (Å²) in [6, 6.07) is 3.87. The second-order valence-corrected chi connectivity index (χ2v) is 5.27. The normalized spacial score (nSPS) is 17.3. The molecule has 0 saturated carbocycles. The molecule has 0 spiro atoms. The first-order valence-electron chi connectivity index (χ1n) is 6.33. The van der Waals surface area contributed by atoms with Crippen LogP contribution in [0.25, 0.3) is 0 Å². The zero-order valence-corrected chi connectivity index (χ0v) is 11.5. The number of thiocarbonyl (C=S) groups is 1. The number of carbonyl (C=O) groups is 1. The lowest BCUT2D eigenvalue weighted by atomic mass is 9.96. The number of aromatic nitrogens is 1. The summed E-state index contributed by atoms with van der Waals surface area (Å²) in [6.07, 6.45) is 3.33. The van der Waals surface area contributed by atoms with Gasteiger partial charge >= 0.3 is 0 Å². The first-order chi connectivity index (χ1) is 9.08. The third-order valence-corrected chi connectivity index (χ3v) is 3.70. The number of hydrogen-bond acceptors (Lipinski definition) is 4. The lowest BCUT2D eigenvalue weighted by Crippen LogP contribution is -2.38. The molecule has 4 N–H and O–H groups in total. The highest BCUT2D eigenvalue weighted by Gasteiger charge is 2.23. The molecule has 0 aromatic carbocycles. The Balaban J connectivity index is 2.00. The molecule has 2 rings (SSSR count). The van der Waals surface area contributed by atoms with Crippen LogP contribution in [-0.2, 0) is 11.3 Å². The Hall–Kier alpha value is -1.53. The van der Waals surface area contributed by atoms with Crippen molar-refractivity contribution in [2.45, 2.75) is 19.4 Å². The highest BCUT2D eigenvalue weighted by molar-refractivity contribution is 7.80. The minimum Gasteiger partial charge on any atom is -0.388 e. The quantitative estimate of drug-likeness (QED) is 0.779. The summed E-state index contributed by atoms with van der Waals surface area (Å²) >= 11 is 5.01. The molecule has 1 fully saturated rings. The van der Waals surface area contributed by atoms with Gasteiger partial charge in [0.05, 0.1) is 0 Å². The molecule has 0 radical (unpaired) electrons. The number of rotatable bonds is 4. The van der Waals surface area contributed by atoms with Crippen LogP contribution in [0.15, 0.2) is 18.3 Å². The van der Waals surface area contributed by atoms with Gasteiger partial charge in [-0.1, -0.05) is 18.3 Å². The van der Waals surface area contributed by atoms with E-state index in [9.17, 15) is 4.79 Å². The maximum Gasteiger partial charge on any atom is 0.220 e. The number of hydrogen-bond donors (Lipinski definition) is 2. The number of carbonyl (C=O) groups excluding carboxylic acids is 1. The number of likely N-dealkylation sites (tertiary alicyclic amines) is 1. The van der Waals surface area contributed by atoms with Gasteiger partial charge in [0.25, 0.3) is 0 Å². The average Bonchev–Trinajstić information content (AvgIpc) is 2.39. The van der Waals surface area contributed by atoms with Crippen molar-refractivity contribution in [3.63, 3.8) is 0 Å². The van der Waals surface area contributed by atoms with Gasteiger partial charge in [-0.2, -0.15) is 0 Å². The standard InChI is InChI=1S/C13H18N4OS/c14-12(18)9-3-6-17(7-4-9)8-10-2-1-5-16-11(10)13(15)19/h1-2,5,9H,3-4,6-8H2,(H2,14,18)(H2,15,19). The molecule has 0 unspecified atom stereocenters. The van der Waals surface area contributed by atoms with E-state index in [0.29, 0.717) is 10.7 Å². The van der Waals surface area contributed by atoms with Gasteiger partial charge < -0.3 is 11.5 Å². The molecular weight excluding hydrogens is 260 g/mol. The molecule has 1 aliphatic rings. The number of pyridine rings is 1. The Morgan fingerprint density at radius 3 is 2.68 bits per heavy atom. The topological polar surface area (TPSA) is 85.2 Å². The third kappa shape index (κ3) is 3.48. The van der Waals surface area contributed by atoms with Crippen molar-refractivity contribution in [2.75, 3.05) is 13.1 Å². The molecular formula is C13H18N4OS. The number of nitrogens with two attached hydrogens (primary N) is 2. The summed E-state index contributed by atoms with van der Waals surface area (Å²) in [5.74, 6) is -0.176. The summed E-state index contributed by atoms with van der Waals surface area (Å²) in [7, 11) is 0. The molecule has 1 aliphatic heterocycles. The van der Waals surface area contributed by atoms with E-state index in [2.05, 4.69) is 9.88 Å². The second kappa shape index (κ2) is 6.08. The SMILES string of the molecule is NC(=O)C1CCN(Cc2cccnc2C(N)=S)CC1. The van der Waals surface area contributed by atoms with E-state index >= 15 is 0 Å². The summed E-state index contributed by atoms with van der Waals surface area (Å²) in [4.78, 5) is 17.9. The van der Waals surface area contributed by atoms with Gasteiger partial charge in [-0.3, -0.25) is 14.7 Å². The van der Waals surface area contributed by atoms with Crippen LogP contribution >= 0.6 is 12.2 Å². The molecule has 5 nitrogen and oxygen atoms in total. The van der Waals surface area contributed by atoms with Crippen LogP contribution in [0.5, 0.6) is 0 Å². The largest absolute Gasteiger partial charge is 0.388 e. The first-order valence-corrected chi connectivity index (χ1v) is 6.74. The Bertz CT molecular complexity index is 483. The first kappa shape index (κ1) is 13.9. The fourth-order valence-electron chi connectivity index (χ4n) is 2.40. The maximum atomic E-state index is 11.1. The van der Waals surface area contributed by atoms with Crippen LogP contribution in [0.4, 0.5) is 0 Å². The Kier molecular flexibility index (Phi) is 4.44. The van der Waals surface area contributed by atoms with E-state index < -0.39 is 0 Å². The number of nitrogens with zero attached hydrogens (tertiary/aromatic N) is 2. The van der Waals surface area contributed by atoms with Crippen LogP contribution in [0.1, 0.15) is 24.1 Å². The van der Waals surface area contributed by atoms with E-state index in [4.69, 9.17) is 23.7 Å². The van der Waals surface area contributed by atoms with Crippen LogP contribution in [0.3, 0.4) is 0 Å². The molecule has 2 heterocycles. The number of amides is 1. The number of primary amides is 1. The van der Waals surface area contributed by atoms with Gasteiger partial charge in [-0.25, -0.2) is 0 Å². The van der Waals surface area contributed by atoms with E-state index in [1.807, 2.05) is 12.1 Å². The Morgan fingerprint density at radius 2 is 2.11 bits per heavy atom. The molecule has 19 heavy (non-hydrogen) atoms. The van der Waals surface area contributed by atoms with Gasteiger partial charge in [0.1, 0.15) is 10.7 Å². The number of piperidine rings is 1. The second-order valence-electron chi connectivity index (χ2n) is 4.83. The van der Waals surface area contributed by atoms with Crippen molar-refractivity contribution in [1.82, 2.24) is 9.88 Å². The highest BCUT2D eigenvalue weighted by atomic mass is 32.1. The summed E-state index contributed by atoms with van der Waals surface area (Å²) in [5, 5.41) is 0. The average molecular weight is 278 g/mol. The zero-order chi connectivity index (χ0) is 13.8. The van der Waals surface area contributed by atoms with Crippen molar-refractivity contribution < 1.29 is 4.79 Å². The molecule has 0 bridgehead atoms. The molecule has 1 amide bonds. The summed E-state index contributed by atoms with van der Waals surface area (Å²) in [5.41, 5.74) is 12.7.